The molecule has 0 saturated carbocycles. The summed E-state index contributed by atoms with van der Waals surface area (Å²) in [6.45, 7) is 0.473. The van der Waals surface area contributed by atoms with Gasteiger partial charge in [-0.25, -0.2) is 0 Å². The van der Waals surface area contributed by atoms with E-state index in [1.807, 2.05) is 18.2 Å². The van der Waals surface area contributed by atoms with E-state index >= 15 is 0 Å². The van der Waals surface area contributed by atoms with Gasteiger partial charge >= 0.3 is 0 Å². The average molecular weight is 209 g/mol. The van der Waals surface area contributed by atoms with Crippen molar-refractivity contribution >= 4 is 5.97 Å². The van der Waals surface area contributed by atoms with Gasteiger partial charge in [0.15, 0.2) is 0 Å². The molecule has 0 aliphatic heterocycles. The summed E-state index contributed by atoms with van der Waals surface area (Å²) in [7, 11) is 4.10. The summed E-state index contributed by atoms with van der Waals surface area (Å²) in [5, 5.41) is 10.2. The first-order valence-electron chi connectivity index (χ1n) is 4.78. The summed E-state index contributed by atoms with van der Waals surface area (Å²) >= 11 is 0. The molecule has 0 unspecified atom stereocenters. The summed E-state index contributed by atoms with van der Waals surface area (Å²) in [6.07, 6.45) is 0. The monoisotopic (exact) mass is 209 g/mol. The molecular formula is C11H15NO3. The predicted molar refractivity (Wildman–Crippen MR) is 53.5 cm³/mol. The van der Waals surface area contributed by atoms with Crippen LogP contribution in [0.2, 0.25) is 0 Å². The van der Waals surface area contributed by atoms with Crippen LogP contribution >= 0.6 is 0 Å². The van der Waals surface area contributed by atoms with Crippen LogP contribution in [0, 0.1) is 0 Å². The first kappa shape index (κ1) is 11.5. The van der Waals surface area contributed by atoms with Crippen LogP contribution in [0.4, 0.5) is 0 Å². The molecule has 0 amide bonds. The van der Waals surface area contributed by atoms with Crippen molar-refractivity contribution in [1.29, 1.82) is 0 Å². The molecule has 0 fully saturated rings. The lowest BCUT2D eigenvalue weighted by Crippen LogP contribution is -3.04. The SMILES string of the molecule is C[NH+](C)Cc1cccc(OCC(=O)[O-])c1. The number of carboxylic acids is 1. The zero-order chi connectivity index (χ0) is 11.3. The third-order valence-electron chi connectivity index (χ3n) is 1.81. The number of carbonyl (C=O) groups excluding carboxylic acids is 1. The Morgan fingerprint density at radius 1 is 1.47 bits per heavy atom. The molecule has 1 rings (SSSR count). The zero-order valence-electron chi connectivity index (χ0n) is 8.95. The van der Waals surface area contributed by atoms with Gasteiger partial charge in [-0.3, -0.25) is 0 Å². The summed E-state index contributed by atoms with van der Waals surface area (Å²) in [6, 6.07) is 7.41. The van der Waals surface area contributed by atoms with E-state index in [1.54, 1.807) is 6.07 Å². The minimum absolute atomic E-state index is 0.404. The Kier molecular flexibility index (Phi) is 4.12. The summed E-state index contributed by atoms with van der Waals surface area (Å²) in [4.78, 5) is 11.5. The van der Waals surface area contributed by atoms with Gasteiger partial charge in [-0.1, -0.05) is 12.1 Å². The van der Waals surface area contributed by atoms with Crippen molar-refractivity contribution in [3.63, 3.8) is 0 Å². The molecular weight excluding hydrogens is 194 g/mol. The van der Waals surface area contributed by atoms with Crippen LogP contribution in [0.15, 0.2) is 24.3 Å². The minimum Gasteiger partial charge on any atom is -0.546 e. The lowest BCUT2D eigenvalue weighted by Gasteiger charge is -2.10. The van der Waals surface area contributed by atoms with Crippen molar-refractivity contribution in [1.82, 2.24) is 0 Å². The second kappa shape index (κ2) is 5.36. The van der Waals surface area contributed by atoms with Crippen molar-refractivity contribution in [2.24, 2.45) is 0 Å². The Morgan fingerprint density at radius 3 is 2.80 bits per heavy atom. The van der Waals surface area contributed by atoms with Crippen LogP contribution in [0.1, 0.15) is 5.56 Å². The van der Waals surface area contributed by atoms with Gasteiger partial charge in [-0.15, -0.1) is 0 Å². The average Bonchev–Trinajstić information content (AvgIpc) is 2.14. The largest absolute Gasteiger partial charge is 0.546 e. The van der Waals surface area contributed by atoms with E-state index in [9.17, 15) is 9.90 Å². The molecule has 0 heterocycles. The number of nitrogens with one attached hydrogen (secondary N) is 1. The highest BCUT2D eigenvalue weighted by Gasteiger charge is 2.00. The lowest BCUT2D eigenvalue weighted by atomic mass is 10.2. The first-order valence-corrected chi connectivity index (χ1v) is 4.78. The topological polar surface area (TPSA) is 53.8 Å². The number of carboxylic acid groups (broad SMARTS) is 1. The third kappa shape index (κ3) is 4.46. The van der Waals surface area contributed by atoms with Crippen molar-refractivity contribution < 1.29 is 19.5 Å². The van der Waals surface area contributed by atoms with Gasteiger partial charge in [-0.2, -0.15) is 0 Å². The van der Waals surface area contributed by atoms with E-state index in [2.05, 4.69) is 14.1 Å². The Labute approximate surface area is 89.1 Å². The van der Waals surface area contributed by atoms with E-state index in [1.165, 1.54) is 4.90 Å². The van der Waals surface area contributed by atoms with Crippen LogP contribution in [-0.2, 0) is 11.3 Å². The van der Waals surface area contributed by atoms with Gasteiger partial charge in [0, 0.05) is 5.56 Å². The molecule has 0 radical (unpaired) electrons. The predicted octanol–water partition coefficient (Wildman–Crippen LogP) is -1.54. The number of quaternary nitrogens is 1. The molecule has 0 bridgehead atoms. The number of benzene rings is 1. The maximum absolute atomic E-state index is 10.2. The molecule has 1 N–H and O–H groups in total. The van der Waals surface area contributed by atoms with Crippen molar-refractivity contribution in [3.8, 4) is 5.75 Å². The van der Waals surface area contributed by atoms with Crippen LogP contribution < -0.4 is 14.7 Å². The summed E-state index contributed by atoms with van der Waals surface area (Å²) in [5.41, 5.74) is 1.12. The molecule has 0 aliphatic carbocycles. The van der Waals surface area contributed by atoms with Gasteiger partial charge in [0.25, 0.3) is 0 Å². The Morgan fingerprint density at radius 2 is 2.20 bits per heavy atom. The molecule has 0 aromatic heterocycles. The number of carbonyl (C=O) groups is 1. The number of rotatable bonds is 5. The van der Waals surface area contributed by atoms with E-state index in [0.717, 1.165) is 12.1 Å². The molecule has 0 atom stereocenters. The van der Waals surface area contributed by atoms with E-state index in [0.29, 0.717) is 5.75 Å². The lowest BCUT2D eigenvalue weighted by molar-refractivity contribution is -0.872. The second-order valence-electron chi connectivity index (χ2n) is 3.69. The minimum atomic E-state index is -1.21. The molecule has 15 heavy (non-hydrogen) atoms. The number of hydrogen-bond donors (Lipinski definition) is 1. The van der Waals surface area contributed by atoms with Crippen LogP contribution in [0.5, 0.6) is 5.75 Å². The van der Waals surface area contributed by atoms with Gasteiger partial charge in [-0.05, 0) is 12.1 Å². The highest BCUT2D eigenvalue weighted by atomic mass is 16.5. The highest BCUT2D eigenvalue weighted by Crippen LogP contribution is 2.12. The molecule has 82 valence electrons. The number of aliphatic carboxylic acids is 1. The fraction of sp³-hybridized carbons (Fsp3) is 0.364. The fourth-order valence-corrected chi connectivity index (χ4v) is 1.30. The highest BCUT2D eigenvalue weighted by molar-refractivity contribution is 5.66. The van der Waals surface area contributed by atoms with Crippen molar-refractivity contribution in [2.45, 2.75) is 6.54 Å². The van der Waals surface area contributed by atoms with Crippen LogP contribution in [0.25, 0.3) is 0 Å². The Balaban J connectivity index is 2.61. The van der Waals surface area contributed by atoms with Gasteiger partial charge < -0.3 is 19.5 Å². The quantitative estimate of drug-likeness (QED) is 0.639. The van der Waals surface area contributed by atoms with Crippen LogP contribution in [0.3, 0.4) is 0 Å². The van der Waals surface area contributed by atoms with Gasteiger partial charge in [0.1, 0.15) is 18.9 Å². The van der Waals surface area contributed by atoms with Crippen molar-refractivity contribution in [3.05, 3.63) is 29.8 Å². The van der Waals surface area contributed by atoms with Gasteiger partial charge in [0.2, 0.25) is 0 Å². The summed E-state index contributed by atoms with van der Waals surface area (Å²) < 4.78 is 5.02. The smallest absolute Gasteiger partial charge is 0.128 e. The number of hydrogen-bond acceptors (Lipinski definition) is 3. The normalized spacial score (nSPS) is 10.3. The fourth-order valence-electron chi connectivity index (χ4n) is 1.30. The molecule has 4 nitrogen and oxygen atoms in total. The van der Waals surface area contributed by atoms with Crippen molar-refractivity contribution in [2.75, 3.05) is 20.7 Å². The molecule has 4 heteroatoms. The molecule has 0 aliphatic rings. The molecule has 1 aromatic rings. The van der Waals surface area contributed by atoms with E-state index in [-0.39, 0.29) is 0 Å². The molecule has 0 spiro atoms. The molecule has 1 aromatic carbocycles. The standard InChI is InChI=1S/C11H15NO3/c1-12(2)7-9-4-3-5-10(6-9)15-8-11(13)14/h3-6H,7-8H2,1-2H3,(H,13,14). The van der Waals surface area contributed by atoms with Gasteiger partial charge in [0.05, 0.1) is 20.1 Å². The number of ether oxygens (including phenoxy) is 1. The maximum Gasteiger partial charge on any atom is 0.128 e. The maximum atomic E-state index is 10.2. The first-order chi connectivity index (χ1) is 7.08. The van der Waals surface area contributed by atoms with E-state index in [4.69, 9.17) is 4.74 Å². The Hall–Kier alpha value is -1.55. The summed E-state index contributed by atoms with van der Waals surface area (Å²) in [5.74, 6) is -0.642. The van der Waals surface area contributed by atoms with Crippen LogP contribution in [-0.4, -0.2) is 26.7 Å². The Bertz CT molecular complexity index is 336. The second-order valence-corrected chi connectivity index (χ2v) is 3.69. The molecule has 0 saturated heterocycles. The van der Waals surface area contributed by atoms with E-state index < -0.39 is 12.6 Å². The third-order valence-corrected chi connectivity index (χ3v) is 1.81. The zero-order valence-corrected chi connectivity index (χ0v) is 8.95.